The topological polar surface area (TPSA) is 91.9 Å². The van der Waals surface area contributed by atoms with Crippen LogP contribution in [0.4, 0.5) is 15.9 Å². The number of nitrogens with zero attached hydrogens (tertiary/aromatic N) is 2. The van der Waals surface area contributed by atoms with E-state index < -0.39 is 11.7 Å². The molecule has 134 valence electrons. The molecule has 3 rings (SSSR count). The summed E-state index contributed by atoms with van der Waals surface area (Å²) in [6, 6.07) is 13.5. The molecule has 1 heterocycles. The van der Waals surface area contributed by atoms with E-state index in [1.54, 1.807) is 18.2 Å². The van der Waals surface area contributed by atoms with E-state index in [2.05, 4.69) is 26.0 Å². The molecular weight excluding hydrogens is 337 g/mol. The van der Waals surface area contributed by atoms with Crippen molar-refractivity contribution < 1.29 is 13.9 Å². The summed E-state index contributed by atoms with van der Waals surface area (Å²) < 4.78 is 19.3. The van der Waals surface area contributed by atoms with Crippen LogP contribution in [-0.4, -0.2) is 27.9 Å². The molecule has 0 aliphatic carbocycles. The molecule has 0 saturated carbocycles. The van der Waals surface area contributed by atoms with Crippen LogP contribution in [-0.2, 0) is 6.54 Å². The van der Waals surface area contributed by atoms with Gasteiger partial charge in [-0.2, -0.15) is 5.21 Å². The fraction of sp³-hybridized carbons (Fsp3) is 0.167. The second kappa shape index (κ2) is 8.11. The summed E-state index contributed by atoms with van der Waals surface area (Å²) in [5.41, 5.74) is 1.09. The summed E-state index contributed by atoms with van der Waals surface area (Å²) in [6.45, 7) is 2.69. The van der Waals surface area contributed by atoms with Gasteiger partial charge in [-0.3, -0.25) is 4.79 Å². The van der Waals surface area contributed by atoms with Crippen LogP contribution in [0.15, 0.2) is 48.5 Å². The van der Waals surface area contributed by atoms with Crippen molar-refractivity contribution in [3.63, 3.8) is 0 Å². The van der Waals surface area contributed by atoms with Crippen LogP contribution in [0.25, 0.3) is 0 Å². The summed E-state index contributed by atoms with van der Waals surface area (Å²) in [4.78, 5) is 12.4. The lowest BCUT2D eigenvalue weighted by molar-refractivity contribution is 0.0946. The molecule has 0 unspecified atom stereocenters. The van der Waals surface area contributed by atoms with E-state index >= 15 is 0 Å². The monoisotopic (exact) mass is 355 g/mol. The SMILES string of the molecule is CCOc1ccccc1CNC(=O)c1n[nH]nc1Nc1ccccc1F. The Balaban J connectivity index is 1.70. The number of carbonyl (C=O) groups excluding carboxylic acids is 1. The Hall–Kier alpha value is -3.42. The lowest BCUT2D eigenvalue weighted by Crippen LogP contribution is -2.24. The van der Waals surface area contributed by atoms with Crippen LogP contribution in [0.5, 0.6) is 5.75 Å². The summed E-state index contributed by atoms with van der Waals surface area (Å²) in [7, 11) is 0. The van der Waals surface area contributed by atoms with Crippen molar-refractivity contribution in [2.45, 2.75) is 13.5 Å². The molecule has 0 radical (unpaired) electrons. The Morgan fingerprint density at radius 3 is 2.73 bits per heavy atom. The number of aromatic amines is 1. The third-order valence-electron chi connectivity index (χ3n) is 3.60. The second-order valence-electron chi connectivity index (χ2n) is 5.35. The number of ether oxygens (including phenoxy) is 1. The van der Waals surface area contributed by atoms with Crippen molar-refractivity contribution in [3.05, 3.63) is 65.6 Å². The zero-order valence-electron chi connectivity index (χ0n) is 14.1. The second-order valence-corrected chi connectivity index (χ2v) is 5.35. The summed E-state index contributed by atoms with van der Waals surface area (Å²) in [6.07, 6.45) is 0. The van der Waals surface area contributed by atoms with Crippen molar-refractivity contribution >= 4 is 17.4 Å². The summed E-state index contributed by atoms with van der Waals surface area (Å²) >= 11 is 0. The van der Waals surface area contributed by atoms with Crippen molar-refractivity contribution in [1.82, 2.24) is 20.7 Å². The average molecular weight is 355 g/mol. The maximum absolute atomic E-state index is 13.8. The minimum Gasteiger partial charge on any atom is -0.494 e. The first kappa shape index (κ1) is 17.4. The van der Waals surface area contributed by atoms with Gasteiger partial charge in [0.2, 0.25) is 0 Å². The Labute approximate surface area is 149 Å². The van der Waals surface area contributed by atoms with Crippen LogP contribution < -0.4 is 15.4 Å². The fourth-order valence-corrected chi connectivity index (χ4v) is 2.37. The minimum atomic E-state index is -0.451. The molecule has 3 N–H and O–H groups in total. The van der Waals surface area contributed by atoms with Crippen LogP contribution in [0.1, 0.15) is 23.0 Å². The average Bonchev–Trinajstić information content (AvgIpc) is 3.11. The van der Waals surface area contributed by atoms with E-state index in [-0.39, 0.29) is 23.7 Å². The standard InChI is InChI=1S/C18H18FN5O2/c1-2-26-15-10-6-3-7-12(15)11-20-18(25)16-17(23-24-22-16)21-14-9-5-4-8-13(14)19/h3-10H,2,11H2,1H3,(H,20,25)(H2,21,22,23,24). The third-order valence-corrected chi connectivity index (χ3v) is 3.60. The fourth-order valence-electron chi connectivity index (χ4n) is 2.37. The van der Waals surface area contributed by atoms with Crippen LogP contribution in [0.2, 0.25) is 0 Å². The number of anilines is 2. The lowest BCUT2D eigenvalue weighted by Gasteiger charge is -2.11. The van der Waals surface area contributed by atoms with Gasteiger partial charge in [0.25, 0.3) is 5.91 Å². The van der Waals surface area contributed by atoms with Gasteiger partial charge in [-0.25, -0.2) is 4.39 Å². The lowest BCUT2D eigenvalue weighted by atomic mass is 10.2. The van der Waals surface area contributed by atoms with Gasteiger partial charge in [0.1, 0.15) is 11.6 Å². The molecule has 1 amide bonds. The van der Waals surface area contributed by atoms with Crippen LogP contribution in [0.3, 0.4) is 0 Å². The number of amides is 1. The Kier molecular flexibility index (Phi) is 5.43. The number of para-hydroxylation sites is 2. The first-order valence-corrected chi connectivity index (χ1v) is 8.10. The molecule has 0 aliphatic heterocycles. The molecule has 0 bridgehead atoms. The van der Waals surface area contributed by atoms with Gasteiger partial charge >= 0.3 is 0 Å². The van der Waals surface area contributed by atoms with Crippen molar-refractivity contribution in [1.29, 1.82) is 0 Å². The number of aromatic nitrogens is 3. The van der Waals surface area contributed by atoms with Gasteiger partial charge < -0.3 is 15.4 Å². The van der Waals surface area contributed by atoms with Crippen molar-refractivity contribution in [2.24, 2.45) is 0 Å². The molecule has 0 spiro atoms. The van der Waals surface area contributed by atoms with E-state index in [0.29, 0.717) is 12.4 Å². The zero-order valence-corrected chi connectivity index (χ0v) is 14.1. The molecular formula is C18H18FN5O2. The molecule has 0 atom stereocenters. The van der Waals surface area contributed by atoms with E-state index in [9.17, 15) is 9.18 Å². The predicted molar refractivity (Wildman–Crippen MR) is 94.8 cm³/mol. The normalized spacial score (nSPS) is 10.4. The van der Waals surface area contributed by atoms with Crippen molar-refractivity contribution in [2.75, 3.05) is 11.9 Å². The number of benzene rings is 2. The molecule has 7 nitrogen and oxygen atoms in total. The molecule has 3 aromatic rings. The number of nitrogens with one attached hydrogen (secondary N) is 3. The number of carbonyl (C=O) groups is 1. The van der Waals surface area contributed by atoms with Gasteiger partial charge in [-0.15, -0.1) is 10.2 Å². The molecule has 0 fully saturated rings. The van der Waals surface area contributed by atoms with Gasteiger partial charge in [0.05, 0.1) is 12.3 Å². The van der Waals surface area contributed by atoms with E-state index in [4.69, 9.17) is 4.74 Å². The highest BCUT2D eigenvalue weighted by atomic mass is 19.1. The predicted octanol–water partition coefficient (Wildman–Crippen LogP) is 3.02. The Morgan fingerprint density at radius 1 is 1.15 bits per heavy atom. The van der Waals surface area contributed by atoms with E-state index in [1.807, 2.05) is 31.2 Å². The van der Waals surface area contributed by atoms with Gasteiger partial charge in [0, 0.05) is 12.1 Å². The van der Waals surface area contributed by atoms with Crippen LogP contribution in [0, 0.1) is 5.82 Å². The number of halogens is 1. The largest absolute Gasteiger partial charge is 0.494 e. The molecule has 0 aliphatic rings. The minimum absolute atomic E-state index is 0.0437. The maximum atomic E-state index is 13.8. The molecule has 26 heavy (non-hydrogen) atoms. The van der Waals surface area contributed by atoms with Gasteiger partial charge in [0.15, 0.2) is 11.5 Å². The molecule has 8 heteroatoms. The number of H-pyrrole nitrogens is 1. The maximum Gasteiger partial charge on any atom is 0.275 e. The highest BCUT2D eigenvalue weighted by molar-refractivity contribution is 5.97. The van der Waals surface area contributed by atoms with Gasteiger partial charge in [-0.1, -0.05) is 30.3 Å². The van der Waals surface area contributed by atoms with Gasteiger partial charge in [-0.05, 0) is 25.1 Å². The summed E-state index contributed by atoms with van der Waals surface area (Å²) in [5.74, 6) is -0.0396. The van der Waals surface area contributed by atoms with E-state index in [0.717, 1.165) is 5.56 Å². The number of rotatable bonds is 7. The molecule has 2 aromatic carbocycles. The zero-order chi connectivity index (χ0) is 18.4. The van der Waals surface area contributed by atoms with Crippen molar-refractivity contribution in [3.8, 4) is 5.75 Å². The van der Waals surface area contributed by atoms with Crippen LogP contribution >= 0.6 is 0 Å². The smallest absolute Gasteiger partial charge is 0.275 e. The molecule has 1 aromatic heterocycles. The summed E-state index contributed by atoms with van der Waals surface area (Å²) in [5, 5.41) is 15.6. The highest BCUT2D eigenvalue weighted by Gasteiger charge is 2.18. The number of hydrogen-bond donors (Lipinski definition) is 3. The third kappa shape index (κ3) is 3.97. The number of hydrogen-bond acceptors (Lipinski definition) is 5. The highest BCUT2D eigenvalue weighted by Crippen LogP contribution is 2.20. The van der Waals surface area contributed by atoms with E-state index in [1.165, 1.54) is 6.07 Å². The Morgan fingerprint density at radius 2 is 1.92 bits per heavy atom. The first-order chi connectivity index (χ1) is 12.7. The quantitative estimate of drug-likeness (QED) is 0.606. The molecule has 0 saturated heterocycles. The Bertz CT molecular complexity index is 897. The first-order valence-electron chi connectivity index (χ1n) is 8.10.